The van der Waals surface area contributed by atoms with Gasteiger partial charge in [-0.25, -0.2) is 4.98 Å². The minimum absolute atomic E-state index is 0. The van der Waals surface area contributed by atoms with Crippen molar-refractivity contribution >= 4 is 47.2 Å². The molecule has 0 amide bonds. The first kappa shape index (κ1) is 23.4. The maximum Gasteiger partial charge on any atom is 0.191 e. The Morgan fingerprint density at radius 2 is 2.03 bits per heavy atom. The van der Waals surface area contributed by atoms with Gasteiger partial charge in [0.25, 0.3) is 0 Å². The fourth-order valence-corrected chi connectivity index (χ4v) is 3.97. The van der Waals surface area contributed by atoms with Crippen LogP contribution in [0.3, 0.4) is 0 Å². The molecule has 0 spiro atoms. The Morgan fingerprint density at radius 3 is 2.81 bits per heavy atom. The van der Waals surface area contributed by atoms with Crippen molar-refractivity contribution in [3.05, 3.63) is 83.4 Å². The summed E-state index contributed by atoms with van der Waals surface area (Å²) in [7, 11) is 1.81. The molecule has 1 aromatic heterocycles. The van der Waals surface area contributed by atoms with E-state index in [1.54, 1.807) is 6.20 Å². The van der Waals surface area contributed by atoms with Crippen molar-refractivity contribution in [3.8, 4) is 0 Å². The van der Waals surface area contributed by atoms with E-state index >= 15 is 0 Å². The smallest absolute Gasteiger partial charge is 0.191 e. The third kappa shape index (κ3) is 6.61. The second kappa shape index (κ2) is 11.4. The number of hydrogen-bond acceptors (Lipinski definition) is 3. The van der Waals surface area contributed by atoms with E-state index in [9.17, 15) is 0 Å². The maximum absolute atomic E-state index is 6.14. The van der Waals surface area contributed by atoms with E-state index in [4.69, 9.17) is 11.6 Å². The fraction of sp³-hybridized carbons (Fsp3) is 0.304. The molecule has 8 heteroatoms. The van der Waals surface area contributed by atoms with Crippen LogP contribution in [-0.4, -0.2) is 41.7 Å². The summed E-state index contributed by atoms with van der Waals surface area (Å²) in [4.78, 5) is 10.9. The molecule has 1 fully saturated rings. The second-order valence-corrected chi connectivity index (χ2v) is 7.97. The molecule has 0 bridgehead atoms. The van der Waals surface area contributed by atoms with Crippen molar-refractivity contribution in [1.82, 2.24) is 20.2 Å². The first-order valence-electron chi connectivity index (χ1n) is 10.2. The topological polar surface area (TPSA) is 57.5 Å². The lowest BCUT2D eigenvalue weighted by Crippen LogP contribution is -2.44. The monoisotopic (exact) mass is 550 g/mol. The number of aliphatic imine (C=N–C) groups is 1. The van der Waals surface area contributed by atoms with Gasteiger partial charge in [0.1, 0.15) is 0 Å². The highest BCUT2D eigenvalue weighted by molar-refractivity contribution is 14.0. The Hall–Kier alpha value is -2.26. The molecular formula is C23H28ClIN6. The number of aromatic nitrogens is 2. The molecule has 1 unspecified atom stereocenters. The van der Waals surface area contributed by atoms with Crippen molar-refractivity contribution in [1.29, 1.82) is 0 Å². The molecule has 164 valence electrons. The molecule has 2 heterocycles. The van der Waals surface area contributed by atoms with Crippen LogP contribution in [0.1, 0.15) is 17.5 Å². The Balaban J connectivity index is 0.00000272. The number of rotatable bonds is 6. The molecule has 1 atom stereocenters. The van der Waals surface area contributed by atoms with E-state index in [1.807, 2.05) is 37.8 Å². The molecular weight excluding hydrogens is 523 g/mol. The van der Waals surface area contributed by atoms with Crippen LogP contribution in [0.2, 0.25) is 5.02 Å². The minimum Gasteiger partial charge on any atom is -0.369 e. The molecule has 0 aliphatic carbocycles. The number of hydrogen-bond donors (Lipinski definition) is 2. The average molecular weight is 551 g/mol. The molecule has 4 rings (SSSR count). The summed E-state index contributed by atoms with van der Waals surface area (Å²) in [5.41, 5.74) is 3.65. The van der Waals surface area contributed by atoms with Gasteiger partial charge in [0.2, 0.25) is 0 Å². The van der Waals surface area contributed by atoms with Crippen molar-refractivity contribution in [2.24, 2.45) is 4.99 Å². The van der Waals surface area contributed by atoms with Gasteiger partial charge >= 0.3 is 0 Å². The van der Waals surface area contributed by atoms with Gasteiger partial charge in [-0.05, 0) is 35.7 Å². The number of anilines is 1. The van der Waals surface area contributed by atoms with E-state index in [0.717, 1.165) is 43.6 Å². The highest BCUT2D eigenvalue weighted by Gasteiger charge is 2.23. The summed E-state index contributed by atoms with van der Waals surface area (Å²) >= 11 is 6.14. The van der Waals surface area contributed by atoms with E-state index in [2.05, 4.69) is 60.4 Å². The number of halogens is 2. The third-order valence-corrected chi connectivity index (χ3v) is 5.54. The lowest BCUT2D eigenvalue weighted by Gasteiger charge is -2.20. The SMILES string of the molecule is CN=C(NCc1cccc(Cn2ccnc2)c1)NC1CCN(c2cccc(Cl)c2)C1.I. The molecule has 1 aliphatic heterocycles. The zero-order chi connectivity index (χ0) is 20.8. The van der Waals surface area contributed by atoms with Crippen molar-refractivity contribution in [3.63, 3.8) is 0 Å². The number of nitrogens with one attached hydrogen (secondary N) is 2. The summed E-state index contributed by atoms with van der Waals surface area (Å²) < 4.78 is 2.07. The standard InChI is InChI=1S/C23H27ClN6.HI/c1-25-23(28-21-8-10-30(16-21)22-7-3-6-20(24)13-22)27-14-18-4-2-5-19(12-18)15-29-11-9-26-17-29;/h2-7,9,11-13,17,21H,8,10,14-16H2,1H3,(H2,25,27,28);1H. The van der Waals surface area contributed by atoms with Crippen molar-refractivity contribution in [2.75, 3.05) is 25.0 Å². The van der Waals surface area contributed by atoms with Crippen LogP contribution in [0.5, 0.6) is 0 Å². The van der Waals surface area contributed by atoms with Crippen molar-refractivity contribution < 1.29 is 0 Å². The van der Waals surface area contributed by atoms with E-state index in [-0.39, 0.29) is 24.0 Å². The molecule has 0 saturated carbocycles. The predicted octanol–water partition coefficient (Wildman–Crippen LogP) is 4.15. The zero-order valence-corrected chi connectivity index (χ0v) is 20.6. The van der Waals surface area contributed by atoms with Gasteiger partial charge in [-0.2, -0.15) is 0 Å². The lowest BCUT2D eigenvalue weighted by molar-refractivity contribution is 0.648. The lowest BCUT2D eigenvalue weighted by atomic mass is 10.1. The van der Waals surface area contributed by atoms with E-state index in [1.165, 1.54) is 16.8 Å². The predicted molar refractivity (Wildman–Crippen MR) is 139 cm³/mol. The van der Waals surface area contributed by atoms with E-state index in [0.29, 0.717) is 6.04 Å². The number of imidazole rings is 1. The van der Waals surface area contributed by atoms with Gasteiger partial charge in [0.15, 0.2) is 5.96 Å². The molecule has 2 aromatic carbocycles. The number of benzene rings is 2. The highest BCUT2D eigenvalue weighted by atomic mass is 127. The zero-order valence-electron chi connectivity index (χ0n) is 17.5. The van der Waals surface area contributed by atoms with Gasteiger partial charge in [-0.3, -0.25) is 4.99 Å². The third-order valence-electron chi connectivity index (χ3n) is 5.30. The fourth-order valence-electron chi connectivity index (χ4n) is 3.79. The van der Waals surface area contributed by atoms with Gasteiger partial charge in [-0.15, -0.1) is 24.0 Å². The summed E-state index contributed by atoms with van der Waals surface area (Å²) in [5, 5.41) is 7.77. The van der Waals surface area contributed by atoms with Gasteiger partial charge in [0, 0.05) is 62.4 Å². The number of guanidine groups is 1. The Bertz CT molecular complexity index is 991. The Labute approximate surface area is 205 Å². The normalized spacial score (nSPS) is 16.1. The molecule has 31 heavy (non-hydrogen) atoms. The molecule has 1 aliphatic rings. The van der Waals surface area contributed by atoms with Crippen LogP contribution < -0.4 is 15.5 Å². The first-order valence-corrected chi connectivity index (χ1v) is 10.6. The largest absolute Gasteiger partial charge is 0.369 e. The van der Waals surface area contributed by atoms with Gasteiger partial charge in [-0.1, -0.05) is 41.9 Å². The quantitative estimate of drug-likeness (QED) is 0.275. The van der Waals surface area contributed by atoms with Crippen LogP contribution in [0.25, 0.3) is 0 Å². The summed E-state index contributed by atoms with van der Waals surface area (Å²) in [5.74, 6) is 0.827. The highest BCUT2D eigenvalue weighted by Crippen LogP contribution is 2.23. The first-order chi connectivity index (χ1) is 14.7. The van der Waals surface area contributed by atoms with Gasteiger partial charge in [0.05, 0.1) is 6.33 Å². The second-order valence-electron chi connectivity index (χ2n) is 7.54. The maximum atomic E-state index is 6.14. The minimum atomic E-state index is 0. The summed E-state index contributed by atoms with van der Waals surface area (Å²) in [6.45, 7) is 3.48. The van der Waals surface area contributed by atoms with Crippen LogP contribution in [-0.2, 0) is 13.1 Å². The van der Waals surface area contributed by atoms with Crippen molar-refractivity contribution in [2.45, 2.75) is 25.6 Å². The van der Waals surface area contributed by atoms with Crippen LogP contribution in [0.15, 0.2) is 72.2 Å². The molecule has 0 radical (unpaired) electrons. The summed E-state index contributed by atoms with van der Waals surface area (Å²) in [6.07, 6.45) is 6.68. The Morgan fingerprint density at radius 1 is 1.19 bits per heavy atom. The Kier molecular flexibility index (Phi) is 8.60. The summed E-state index contributed by atoms with van der Waals surface area (Å²) in [6, 6.07) is 17.0. The molecule has 3 aromatic rings. The number of nitrogens with zero attached hydrogens (tertiary/aromatic N) is 4. The average Bonchev–Trinajstić information content (AvgIpc) is 3.43. The van der Waals surface area contributed by atoms with Crippen LogP contribution >= 0.6 is 35.6 Å². The van der Waals surface area contributed by atoms with Crippen LogP contribution in [0.4, 0.5) is 5.69 Å². The van der Waals surface area contributed by atoms with E-state index < -0.39 is 0 Å². The van der Waals surface area contributed by atoms with Crippen LogP contribution in [0, 0.1) is 0 Å². The molecule has 1 saturated heterocycles. The molecule has 2 N–H and O–H groups in total. The molecule has 6 nitrogen and oxygen atoms in total. The van der Waals surface area contributed by atoms with Gasteiger partial charge < -0.3 is 20.1 Å².